The lowest BCUT2D eigenvalue weighted by Crippen LogP contribution is -2.34. The van der Waals surface area contributed by atoms with Gasteiger partial charge in [-0.05, 0) is 87.4 Å². The van der Waals surface area contributed by atoms with Crippen molar-refractivity contribution in [3.8, 4) is 11.1 Å². The van der Waals surface area contributed by atoms with E-state index in [0.717, 1.165) is 52.7 Å². The SMILES string of the molecule is Cc1ccc(C(=O)NC2(C)CC2)cc1-c1ccc2c(N3CCC[C@@H]3C)nncc2c1. The highest BCUT2D eigenvalue weighted by Crippen LogP contribution is 2.35. The van der Waals surface area contributed by atoms with Gasteiger partial charge in [-0.15, -0.1) is 5.10 Å². The highest BCUT2D eigenvalue weighted by atomic mass is 16.1. The van der Waals surface area contributed by atoms with Crippen LogP contribution in [0.4, 0.5) is 5.82 Å². The average Bonchev–Trinajstić information content (AvgIpc) is 3.31. The molecule has 5 rings (SSSR count). The molecule has 1 aliphatic heterocycles. The van der Waals surface area contributed by atoms with E-state index < -0.39 is 0 Å². The van der Waals surface area contributed by atoms with Gasteiger partial charge in [-0.25, -0.2) is 0 Å². The summed E-state index contributed by atoms with van der Waals surface area (Å²) < 4.78 is 0. The number of benzene rings is 2. The fourth-order valence-corrected chi connectivity index (χ4v) is 4.43. The van der Waals surface area contributed by atoms with Gasteiger partial charge in [-0.2, -0.15) is 5.10 Å². The molecule has 2 aliphatic rings. The summed E-state index contributed by atoms with van der Waals surface area (Å²) >= 11 is 0. The van der Waals surface area contributed by atoms with Crippen LogP contribution in [0.25, 0.3) is 21.9 Å². The monoisotopic (exact) mass is 400 g/mol. The van der Waals surface area contributed by atoms with Crippen LogP contribution in [0.5, 0.6) is 0 Å². The molecule has 0 unspecified atom stereocenters. The Balaban J connectivity index is 1.52. The molecule has 2 aromatic carbocycles. The molecule has 1 N–H and O–H groups in total. The number of amides is 1. The molecule has 1 atom stereocenters. The maximum absolute atomic E-state index is 12.7. The average molecular weight is 401 g/mol. The fraction of sp³-hybridized carbons (Fsp3) is 0.400. The Hall–Kier alpha value is -2.95. The molecule has 1 aromatic heterocycles. The van der Waals surface area contributed by atoms with Crippen molar-refractivity contribution in [1.29, 1.82) is 0 Å². The Morgan fingerprint density at radius 3 is 2.77 bits per heavy atom. The number of fused-ring (bicyclic) bond motifs is 1. The molecule has 0 spiro atoms. The van der Waals surface area contributed by atoms with Gasteiger partial charge in [0.2, 0.25) is 0 Å². The van der Waals surface area contributed by atoms with Crippen molar-refractivity contribution in [2.24, 2.45) is 0 Å². The van der Waals surface area contributed by atoms with Gasteiger partial charge in [0.1, 0.15) is 0 Å². The molecule has 2 fully saturated rings. The van der Waals surface area contributed by atoms with Crippen LogP contribution in [0, 0.1) is 6.92 Å². The molecular formula is C25H28N4O. The van der Waals surface area contributed by atoms with E-state index in [4.69, 9.17) is 0 Å². The Bertz CT molecular complexity index is 1140. The zero-order valence-corrected chi connectivity index (χ0v) is 17.9. The lowest BCUT2D eigenvalue weighted by Gasteiger charge is -2.23. The molecule has 5 nitrogen and oxygen atoms in total. The van der Waals surface area contributed by atoms with Gasteiger partial charge >= 0.3 is 0 Å². The lowest BCUT2D eigenvalue weighted by atomic mass is 9.96. The number of nitrogens with zero attached hydrogens (tertiary/aromatic N) is 3. The van der Waals surface area contributed by atoms with E-state index in [1.54, 1.807) is 0 Å². The van der Waals surface area contributed by atoms with Gasteiger partial charge in [0, 0.05) is 34.5 Å². The second-order valence-electron chi connectivity index (χ2n) is 9.20. The van der Waals surface area contributed by atoms with Crippen LogP contribution in [-0.4, -0.2) is 34.2 Å². The zero-order valence-electron chi connectivity index (χ0n) is 17.9. The molecule has 1 amide bonds. The standard InChI is InChI=1S/C25H28N4O/c1-16-6-7-19(24(30)27-25(3)10-11-25)14-22(16)18-8-9-21-20(13-18)15-26-28-23(21)29-12-4-5-17(29)2/h6-9,13-15,17H,4-5,10-12H2,1-3H3,(H,27,30)/t17-/m0/s1. The summed E-state index contributed by atoms with van der Waals surface area (Å²) in [6.07, 6.45) is 6.35. The van der Waals surface area contributed by atoms with Crippen molar-refractivity contribution in [2.75, 3.05) is 11.4 Å². The molecule has 3 aromatic rings. The fourth-order valence-electron chi connectivity index (χ4n) is 4.43. The topological polar surface area (TPSA) is 58.1 Å². The van der Waals surface area contributed by atoms with Crippen molar-refractivity contribution >= 4 is 22.5 Å². The number of carbonyl (C=O) groups excluding carboxylic acids is 1. The van der Waals surface area contributed by atoms with Crippen molar-refractivity contribution in [3.05, 3.63) is 53.7 Å². The summed E-state index contributed by atoms with van der Waals surface area (Å²) in [5.41, 5.74) is 4.02. The van der Waals surface area contributed by atoms with Gasteiger partial charge in [0.15, 0.2) is 5.82 Å². The Morgan fingerprint density at radius 2 is 2.03 bits per heavy atom. The van der Waals surface area contributed by atoms with Crippen molar-refractivity contribution in [1.82, 2.24) is 15.5 Å². The Morgan fingerprint density at radius 1 is 1.20 bits per heavy atom. The first-order chi connectivity index (χ1) is 14.4. The van der Waals surface area contributed by atoms with Crippen LogP contribution in [0.15, 0.2) is 42.6 Å². The van der Waals surface area contributed by atoms with Gasteiger partial charge < -0.3 is 10.2 Å². The predicted octanol–water partition coefficient (Wildman–Crippen LogP) is 4.88. The summed E-state index contributed by atoms with van der Waals surface area (Å²) in [5, 5.41) is 14.1. The quantitative estimate of drug-likeness (QED) is 0.678. The molecule has 154 valence electrons. The Kier molecular flexibility index (Phi) is 4.49. The number of rotatable bonds is 4. The molecule has 2 heterocycles. The third-order valence-corrected chi connectivity index (χ3v) is 6.69. The summed E-state index contributed by atoms with van der Waals surface area (Å²) in [7, 11) is 0. The van der Waals surface area contributed by atoms with Crippen molar-refractivity contribution < 1.29 is 4.79 Å². The summed E-state index contributed by atoms with van der Waals surface area (Å²) in [4.78, 5) is 15.1. The van der Waals surface area contributed by atoms with Crippen LogP contribution >= 0.6 is 0 Å². The van der Waals surface area contributed by atoms with E-state index >= 15 is 0 Å². The first-order valence-corrected chi connectivity index (χ1v) is 10.9. The normalized spacial score (nSPS) is 19.8. The van der Waals surface area contributed by atoms with E-state index in [2.05, 4.69) is 59.4 Å². The van der Waals surface area contributed by atoms with Gasteiger partial charge in [0.05, 0.1) is 6.20 Å². The van der Waals surface area contributed by atoms with Gasteiger partial charge in [-0.1, -0.05) is 12.1 Å². The maximum atomic E-state index is 12.7. The highest BCUT2D eigenvalue weighted by molar-refractivity contribution is 5.98. The largest absolute Gasteiger partial charge is 0.352 e. The lowest BCUT2D eigenvalue weighted by molar-refractivity contribution is 0.0935. The van der Waals surface area contributed by atoms with Crippen LogP contribution in [-0.2, 0) is 0 Å². The van der Waals surface area contributed by atoms with E-state index in [0.29, 0.717) is 11.6 Å². The van der Waals surface area contributed by atoms with Crippen LogP contribution in [0.2, 0.25) is 0 Å². The second-order valence-corrected chi connectivity index (χ2v) is 9.20. The van der Waals surface area contributed by atoms with Gasteiger partial charge in [0.25, 0.3) is 5.91 Å². The third-order valence-electron chi connectivity index (χ3n) is 6.69. The summed E-state index contributed by atoms with van der Waals surface area (Å²) in [6.45, 7) is 7.48. The number of aryl methyl sites for hydroxylation is 1. The molecule has 0 bridgehead atoms. The van der Waals surface area contributed by atoms with Crippen LogP contribution in [0.3, 0.4) is 0 Å². The third kappa shape index (κ3) is 3.42. The minimum Gasteiger partial charge on any atom is -0.352 e. The van der Waals surface area contributed by atoms with Crippen molar-refractivity contribution in [3.63, 3.8) is 0 Å². The smallest absolute Gasteiger partial charge is 0.251 e. The Labute approximate surface area is 177 Å². The molecule has 30 heavy (non-hydrogen) atoms. The summed E-state index contributed by atoms with van der Waals surface area (Å²) in [6, 6.07) is 12.9. The van der Waals surface area contributed by atoms with Crippen LogP contribution in [0.1, 0.15) is 55.5 Å². The second kappa shape index (κ2) is 7.08. The zero-order chi connectivity index (χ0) is 20.9. The molecule has 1 saturated carbocycles. The predicted molar refractivity (Wildman–Crippen MR) is 121 cm³/mol. The molecular weight excluding hydrogens is 372 g/mol. The number of hydrogen-bond donors (Lipinski definition) is 1. The molecule has 0 radical (unpaired) electrons. The summed E-state index contributed by atoms with van der Waals surface area (Å²) in [5.74, 6) is 0.986. The number of carbonyl (C=O) groups is 1. The van der Waals surface area contributed by atoms with E-state index in [1.165, 1.54) is 12.8 Å². The van der Waals surface area contributed by atoms with E-state index in [-0.39, 0.29) is 11.4 Å². The highest BCUT2D eigenvalue weighted by Gasteiger charge is 2.38. The number of nitrogens with one attached hydrogen (secondary N) is 1. The molecule has 1 saturated heterocycles. The van der Waals surface area contributed by atoms with Crippen molar-refractivity contribution in [2.45, 2.75) is 58.0 Å². The van der Waals surface area contributed by atoms with E-state index in [9.17, 15) is 4.79 Å². The number of hydrogen-bond acceptors (Lipinski definition) is 4. The first kappa shape index (κ1) is 19.0. The molecule has 5 heteroatoms. The minimum absolute atomic E-state index is 0.00760. The number of aromatic nitrogens is 2. The van der Waals surface area contributed by atoms with E-state index in [1.807, 2.05) is 24.4 Å². The van der Waals surface area contributed by atoms with Crippen LogP contribution < -0.4 is 10.2 Å². The van der Waals surface area contributed by atoms with Gasteiger partial charge in [-0.3, -0.25) is 4.79 Å². The number of anilines is 1. The maximum Gasteiger partial charge on any atom is 0.251 e. The minimum atomic E-state index is -0.0210. The first-order valence-electron chi connectivity index (χ1n) is 10.9. The molecule has 1 aliphatic carbocycles.